The third-order valence-corrected chi connectivity index (χ3v) is 3.54. The van der Waals surface area contributed by atoms with Crippen molar-refractivity contribution in [3.8, 4) is 0 Å². The van der Waals surface area contributed by atoms with Gasteiger partial charge in [0, 0.05) is 24.2 Å². The molecule has 3 rings (SSSR count). The maximum Gasteiger partial charge on any atom is 0.123 e. The third kappa shape index (κ3) is 1.20. The van der Waals surface area contributed by atoms with Crippen LogP contribution in [0.4, 0.5) is 5.82 Å². The van der Waals surface area contributed by atoms with Gasteiger partial charge in [-0.1, -0.05) is 6.07 Å². The van der Waals surface area contributed by atoms with Crippen molar-refractivity contribution in [3.05, 3.63) is 23.9 Å². The summed E-state index contributed by atoms with van der Waals surface area (Å²) >= 11 is 0. The number of nitrogens with two attached hydrogens (primary N) is 1. The highest BCUT2D eigenvalue weighted by atomic mass is 15.0. The first-order chi connectivity index (χ1) is 6.83. The zero-order valence-electron chi connectivity index (χ0n) is 8.11. The number of nitrogens with one attached hydrogen (secondary N) is 1. The number of aromatic nitrogens is 1. The van der Waals surface area contributed by atoms with E-state index in [-0.39, 0.29) is 0 Å². The van der Waals surface area contributed by atoms with Gasteiger partial charge in [-0.2, -0.15) is 0 Å². The first-order valence-corrected chi connectivity index (χ1v) is 5.30. The maximum atomic E-state index is 5.57. The summed E-state index contributed by atoms with van der Waals surface area (Å²) in [5, 5.41) is 3.63. The van der Waals surface area contributed by atoms with E-state index in [1.165, 1.54) is 24.8 Å². The summed E-state index contributed by atoms with van der Waals surface area (Å²) in [6, 6.07) is 5.46. The molecule has 0 amide bonds. The van der Waals surface area contributed by atoms with Crippen molar-refractivity contribution in [3.63, 3.8) is 0 Å². The van der Waals surface area contributed by atoms with Crippen LogP contribution in [0.2, 0.25) is 0 Å². The van der Waals surface area contributed by atoms with Gasteiger partial charge in [0.25, 0.3) is 0 Å². The van der Waals surface area contributed by atoms with Crippen LogP contribution in [0.3, 0.4) is 0 Å². The van der Waals surface area contributed by atoms with Crippen molar-refractivity contribution in [2.45, 2.75) is 37.3 Å². The van der Waals surface area contributed by atoms with Crippen LogP contribution in [-0.2, 0) is 0 Å². The van der Waals surface area contributed by atoms with Gasteiger partial charge in [0.1, 0.15) is 5.82 Å². The Morgan fingerprint density at radius 3 is 2.86 bits per heavy atom. The van der Waals surface area contributed by atoms with E-state index in [0.29, 0.717) is 17.8 Å². The van der Waals surface area contributed by atoms with Gasteiger partial charge in [-0.3, -0.25) is 0 Å². The van der Waals surface area contributed by atoms with Crippen molar-refractivity contribution in [2.24, 2.45) is 0 Å². The van der Waals surface area contributed by atoms with Gasteiger partial charge in [0.2, 0.25) is 0 Å². The lowest BCUT2D eigenvalue weighted by molar-refractivity contribution is 0.505. The van der Waals surface area contributed by atoms with E-state index in [0.717, 1.165) is 6.04 Å². The Balaban J connectivity index is 1.86. The number of hydrogen-bond acceptors (Lipinski definition) is 3. The second-order valence-electron chi connectivity index (χ2n) is 4.41. The lowest BCUT2D eigenvalue weighted by atomic mass is 9.85. The van der Waals surface area contributed by atoms with Crippen LogP contribution < -0.4 is 11.1 Å². The molecular formula is C11H15N3. The van der Waals surface area contributed by atoms with Crippen LogP contribution in [0.5, 0.6) is 0 Å². The fourth-order valence-electron chi connectivity index (χ4n) is 2.83. The number of nitrogen functional groups attached to an aromatic ring is 1. The average molecular weight is 189 g/mol. The molecule has 0 radical (unpaired) electrons. The Labute approximate surface area is 83.7 Å². The van der Waals surface area contributed by atoms with Crippen molar-refractivity contribution in [1.29, 1.82) is 0 Å². The van der Waals surface area contributed by atoms with E-state index in [1.807, 2.05) is 12.3 Å². The molecule has 0 saturated carbocycles. The van der Waals surface area contributed by atoms with E-state index in [4.69, 9.17) is 5.73 Å². The van der Waals surface area contributed by atoms with Crippen molar-refractivity contribution < 1.29 is 0 Å². The molecule has 14 heavy (non-hydrogen) atoms. The second kappa shape index (κ2) is 2.95. The molecule has 2 aliphatic rings. The monoisotopic (exact) mass is 189 g/mol. The molecule has 0 aliphatic carbocycles. The highest BCUT2D eigenvalue weighted by molar-refractivity contribution is 5.32. The Kier molecular flexibility index (Phi) is 1.74. The molecule has 1 aromatic rings. The first kappa shape index (κ1) is 8.24. The Bertz CT molecular complexity index is 333. The Hall–Kier alpha value is -1.09. The number of rotatable bonds is 1. The van der Waals surface area contributed by atoms with Crippen molar-refractivity contribution >= 4 is 5.82 Å². The number of fused-ring (bicyclic) bond motifs is 2. The van der Waals surface area contributed by atoms with E-state index < -0.39 is 0 Å². The molecule has 2 bridgehead atoms. The summed E-state index contributed by atoms with van der Waals surface area (Å²) in [6.45, 7) is 0. The molecular weight excluding hydrogens is 174 g/mol. The van der Waals surface area contributed by atoms with Gasteiger partial charge in [0.15, 0.2) is 0 Å². The lowest BCUT2D eigenvalue weighted by Gasteiger charge is -2.19. The standard InChI is InChI=1S/C11H15N3/c12-11-4-1-7(6-13-11)9-5-8-2-3-10(9)14-8/h1,4,6,8-10,14H,2-3,5H2,(H2,12,13)/t8-,9-,10-/m1/s1. The fraction of sp³-hybridized carbons (Fsp3) is 0.545. The minimum absolute atomic E-state index is 0.616. The lowest BCUT2D eigenvalue weighted by Crippen LogP contribution is -2.21. The van der Waals surface area contributed by atoms with Crippen LogP contribution in [-0.4, -0.2) is 17.1 Å². The van der Waals surface area contributed by atoms with E-state index in [2.05, 4.69) is 16.4 Å². The molecule has 0 spiro atoms. The largest absolute Gasteiger partial charge is 0.384 e. The quantitative estimate of drug-likeness (QED) is 0.699. The molecule has 3 N–H and O–H groups in total. The molecule has 1 aromatic heterocycles. The summed E-state index contributed by atoms with van der Waals surface area (Å²) in [7, 11) is 0. The average Bonchev–Trinajstić information content (AvgIpc) is 2.80. The predicted molar refractivity (Wildman–Crippen MR) is 56.0 cm³/mol. The summed E-state index contributed by atoms with van der Waals surface area (Å²) in [4.78, 5) is 4.16. The van der Waals surface area contributed by atoms with Crippen LogP contribution in [0.15, 0.2) is 18.3 Å². The molecule has 2 saturated heterocycles. The molecule has 2 fully saturated rings. The maximum absolute atomic E-state index is 5.57. The predicted octanol–water partition coefficient (Wildman–Crippen LogP) is 1.27. The van der Waals surface area contributed by atoms with E-state index >= 15 is 0 Å². The van der Waals surface area contributed by atoms with Gasteiger partial charge in [-0.05, 0) is 30.9 Å². The minimum atomic E-state index is 0.616. The van der Waals surface area contributed by atoms with Crippen molar-refractivity contribution in [2.75, 3.05) is 5.73 Å². The molecule has 2 aliphatic heterocycles. The van der Waals surface area contributed by atoms with E-state index in [1.54, 1.807) is 0 Å². The molecule has 3 heteroatoms. The minimum Gasteiger partial charge on any atom is -0.384 e. The Morgan fingerprint density at radius 2 is 2.29 bits per heavy atom. The van der Waals surface area contributed by atoms with Gasteiger partial charge in [-0.25, -0.2) is 4.98 Å². The van der Waals surface area contributed by atoms with Crippen LogP contribution in [0.1, 0.15) is 30.7 Å². The van der Waals surface area contributed by atoms with Gasteiger partial charge in [-0.15, -0.1) is 0 Å². The number of hydrogen-bond donors (Lipinski definition) is 2. The van der Waals surface area contributed by atoms with E-state index in [9.17, 15) is 0 Å². The fourth-order valence-corrected chi connectivity index (χ4v) is 2.83. The first-order valence-electron chi connectivity index (χ1n) is 5.30. The van der Waals surface area contributed by atoms with Crippen LogP contribution >= 0.6 is 0 Å². The number of nitrogens with zero attached hydrogens (tertiary/aromatic N) is 1. The highest BCUT2D eigenvalue weighted by Crippen LogP contribution is 2.39. The summed E-state index contributed by atoms with van der Waals surface area (Å²) in [5.74, 6) is 1.28. The second-order valence-corrected chi connectivity index (χ2v) is 4.41. The van der Waals surface area contributed by atoms with Crippen molar-refractivity contribution in [1.82, 2.24) is 10.3 Å². The normalized spacial score (nSPS) is 35.0. The summed E-state index contributed by atoms with van der Waals surface area (Å²) < 4.78 is 0. The zero-order chi connectivity index (χ0) is 9.54. The SMILES string of the molecule is Nc1ccc([C@H]2C[C@H]3CC[C@H]2N3)cn1. The topological polar surface area (TPSA) is 50.9 Å². The Morgan fingerprint density at radius 1 is 1.36 bits per heavy atom. The molecule has 3 atom stereocenters. The zero-order valence-corrected chi connectivity index (χ0v) is 8.11. The number of pyridine rings is 1. The molecule has 74 valence electrons. The third-order valence-electron chi connectivity index (χ3n) is 3.54. The molecule has 3 nitrogen and oxygen atoms in total. The van der Waals surface area contributed by atoms with Gasteiger partial charge in [0.05, 0.1) is 0 Å². The molecule has 0 aromatic carbocycles. The van der Waals surface area contributed by atoms with Gasteiger partial charge < -0.3 is 11.1 Å². The van der Waals surface area contributed by atoms with Gasteiger partial charge >= 0.3 is 0 Å². The number of anilines is 1. The van der Waals surface area contributed by atoms with Crippen LogP contribution in [0.25, 0.3) is 0 Å². The summed E-state index contributed by atoms with van der Waals surface area (Å²) in [6.07, 6.45) is 5.88. The summed E-state index contributed by atoms with van der Waals surface area (Å²) in [5.41, 5.74) is 6.92. The molecule has 3 heterocycles. The highest BCUT2D eigenvalue weighted by Gasteiger charge is 2.39. The smallest absolute Gasteiger partial charge is 0.123 e. The van der Waals surface area contributed by atoms with Crippen LogP contribution in [0, 0.1) is 0 Å². The molecule has 0 unspecified atom stereocenters.